The predicted molar refractivity (Wildman–Crippen MR) is 105 cm³/mol. The van der Waals surface area contributed by atoms with Gasteiger partial charge in [-0.25, -0.2) is 0 Å². The van der Waals surface area contributed by atoms with Crippen LogP contribution in [0.15, 0.2) is 36.4 Å². The molecule has 1 unspecified atom stereocenters. The Balaban J connectivity index is 2.18. The molecular formula is C21H29N3O3. The molecule has 0 aliphatic heterocycles. The standard InChI is InChI=1S/C21H29N3O3/c1-4-18(5-2)24-19(13-15(3)23-24)21(27)22-17(11-12-20(25)26)14-16-9-7-6-8-10-16/h6-10,13,17-18H,4-5,11-12,14H2,1-3H3,(H,22,27)(H,25,26). The van der Waals surface area contributed by atoms with Gasteiger partial charge in [-0.2, -0.15) is 5.10 Å². The highest BCUT2D eigenvalue weighted by Gasteiger charge is 2.22. The van der Waals surface area contributed by atoms with Crippen molar-refractivity contribution in [3.05, 3.63) is 53.3 Å². The van der Waals surface area contributed by atoms with Gasteiger partial charge in [-0.3, -0.25) is 14.3 Å². The van der Waals surface area contributed by atoms with Crippen molar-refractivity contribution in [3.8, 4) is 0 Å². The van der Waals surface area contributed by atoms with Crippen LogP contribution in [0.1, 0.15) is 67.3 Å². The number of amides is 1. The summed E-state index contributed by atoms with van der Waals surface area (Å²) in [7, 11) is 0. The zero-order valence-corrected chi connectivity index (χ0v) is 16.3. The van der Waals surface area contributed by atoms with Gasteiger partial charge in [-0.15, -0.1) is 0 Å². The van der Waals surface area contributed by atoms with Gasteiger partial charge in [0.2, 0.25) is 0 Å². The third-order valence-corrected chi connectivity index (χ3v) is 4.75. The maximum absolute atomic E-state index is 12.9. The van der Waals surface area contributed by atoms with Crippen LogP contribution in [0.3, 0.4) is 0 Å². The largest absolute Gasteiger partial charge is 0.481 e. The minimum absolute atomic E-state index is 0.0165. The number of benzene rings is 1. The lowest BCUT2D eigenvalue weighted by atomic mass is 10.0. The van der Waals surface area contributed by atoms with Crippen molar-refractivity contribution in [2.45, 2.75) is 65.0 Å². The van der Waals surface area contributed by atoms with E-state index in [9.17, 15) is 9.59 Å². The summed E-state index contributed by atoms with van der Waals surface area (Å²) < 4.78 is 1.81. The second-order valence-electron chi connectivity index (χ2n) is 6.88. The van der Waals surface area contributed by atoms with Crippen LogP contribution in [-0.4, -0.2) is 32.8 Å². The van der Waals surface area contributed by atoms with Crippen molar-refractivity contribution in [2.75, 3.05) is 0 Å². The number of aromatic nitrogens is 2. The molecule has 1 heterocycles. The van der Waals surface area contributed by atoms with E-state index in [4.69, 9.17) is 5.11 Å². The van der Waals surface area contributed by atoms with E-state index < -0.39 is 5.97 Å². The molecule has 0 fully saturated rings. The van der Waals surface area contributed by atoms with E-state index in [-0.39, 0.29) is 24.4 Å². The Morgan fingerprint density at radius 3 is 2.44 bits per heavy atom. The molecule has 27 heavy (non-hydrogen) atoms. The number of carboxylic acid groups (broad SMARTS) is 1. The molecule has 0 aliphatic rings. The second-order valence-corrected chi connectivity index (χ2v) is 6.88. The fourth-order valence-electron chi connectivity index (χ4n) is 3.28. The SMILES string of the molecule is CCC(CC)n1nc(C)cc1C(=O)NC(CCC(=O)O)Cc1ccccc1. The number of carbonyl (C=O) groups excluding carboxylic acids is 1. The van der Waals surface area contributed by atoms with Crippen LogP contribution in [0, 0.1) is 6.92 Å². The number of nitrogens with zero attached hydrogens (tertiary/aromatic N) is 2. The second kappa shape index (κ2) is 9.90. The van der Waals surface area contributed by atoms with Gasteiger partial charge in [0, 0.05) is 12.5 Å². The highest BCUT2D eigenvalue weighted by atomic mass is 16.4. The van der Waals surface area contributed by atoms with Crippen molar-refractivity contribution >= 4 is 11.9 Å². The maximum atomic E-state index is 12.9. The van der Waals surface area contributed by atoms with E-state index in [1.165, 1.54) is 0 Å². The number of rotatable bonds is 10. The molecule has 0 spiro atoms. The number of hydrogen-bond donors (Lipinski definition) is 2. The van der Waals surface area contributed by atoms with Crippen LogP contribution >= 0.6 is 0 Å². The molecular weight excluding hydrogens is 342 g/mol. The van der Waals surface area contributed by atoms with E-state index in [2.05, 4.69) is 24.3 Å². The lowest BCUT2D eigenvalue weighted by molar-refractivity contribution is -0.137. The van der Waals surface area contributed by atoms with Crippen LogP contribution in [0.4, 0.5) is 0 Å². The highest BCUT2D eigenvalue weighted by molar-refractivity contribution is 5.93. The molecule has 6 nitrogen and oxygen atoms in total. The predicted octanol–water partition coefficient (Wildman–Crippen LogP) is 3.76. The van der Waals surface area contributed by atoms with Crippen LogP contribution in [0.5, 0.6) is 0 Å². The van der Waals surface area contributed by atoms with Gasteiger partial charge in [0.25, 0.3) is 5.91 Å². The first-order valence-corrected chi connectivity index (χ1v) is 9.57. The first-order valence-electron chi connectivity index (χ1n) is 9.57. The molecule has 1 amide bonds. The zero-order valence-electron chi connectivity index (χ0n) is 16.3. The number of carbonyl (C=O) groups is 2. The van der Waals surface area contributed by atoms with Gasteiger partial charge in [0.1, 0.15) is 5.69 Å². The molecule has 0 radical (unpaired) electrons. The lowest BCUT2D eigenvalue weighted by Gasteiger charge is -2.20. The number of aryl methyl sites for hydroxylation is 1. The minimum atomic E-state index is -0.861. The molecule has 2 N–H and O–H groups in total. The summed E-state index contributed by atoms with van der Waals surface area (Å²) in [5.41, 5.74) is 2.41. The van der Waals surface area contributed by atoms with E-state index in [1.54, 1.807) is 10.7 Å². The Hall–Kier alpha value is -2.63. The molecule has 0 saturated carbocycles. The van der Waals surface area contributed by atoms with Gasteiger partial charge in [0.05, 0.1) is 11.7 Å². The summed E-state index contributed by atoms with van der Waals surface area (Å²) in [6, 6.07) is 11.5. The number of aliphatic carboxylic acids is 1. The summed E-state index contributed by atoms with van der Waals surface area (Å²) in [6.07, 6.45) is 2.78. The minimum Gasteiger partial charge on any atom is -0.481 e. The van der Waals surface area contributed by atoms with Gasteiger partial charge >= 0.3 is 5.97 Å². The smallest absolute Gasteiger partial charge is 0.303 e. The van der Waals surface area contributed by atoms with Crippen molar-refractivity contribution < 1.29 is 14.7 Å². The number of hydrogen-bond acceptors (Lipinski definition) is 3. The maximum Gasteiger partial charge on any atom is 0.303 e. The van der Waals surface area contributed by atoms with Crippen LogP contribution in [0.2, 0.25) is 0 Å². The first-order chi connectivity index (χ1) is 12.9. The molecule has 0 saturated heterocycles. The Morgan fingerprint density at radius 1 is 1.19 bits per heavy atom. The molecule has 0 aliphatic carbocycles. The van der Waals surface area contributed by atoms with E-state index in [0.717, 1.165) is 24.1 Å². The van der Waals surface area contributed by atoms with Gasteiger partial charge < -0.3 is 10.4 Å². The molecule has 2 rings (SSSR count). The molecule has 1 aromatic carbocycles. The van der Waals surface area contributed by atoms with Gasteiger partial charge in [-0.1, -0.05) is 44.2 Å². The monoisotopic (exact) mass is 371 g/mol. The number of carboxylic acids is 1. The van der Waals surface area contributed by atoms with Crippen LogP contribution in [-0.2, 0) is 11.2 Å². The Kier molecular flexibility index (Phi) is 7.58. The first kappa shape index (κ1) is 20.7. The normalized spacial score (nSPS) is 12.1. The molecule has 6 heteroatoms. The van der Waals surface area contributed by atoms with Gasteiger partial charge in [-0.05, 0) is 44.2 Å². The fourth-order valence-corrected chi connectivity index (χ4v) is 3.28. The number of nitrogens with one attached hydrogen (secondary N) is 1. The van der Waals surface area contributed by atoms with Crippen molar-refractivity contribution in [2.24, 2.45) is 0 Å². The molecule has 1 atom stereocenters. The quantitative estimate of drug-likeness (QED) is 0.666. The van der Waals surface area contributed by atoms with Crippen LogP contribution in [0.25, 0.3) is 0 Å². The van der Waals surface area contributed by atoms with Crippen LogP contribution < -0.4 is 5.32 Å². The zero-order chi connectivity index (χ0) is 19.8. The third kappa shape index (κ3) is 5.94. The summed E-state index contributed by atoms with van der Waals surface area (Å²) in [6.45, 7) is 6.04. The summed E-state index contributed by atoms with van der Waals surface area (Å²) in [5, 5.41) is 16.6. The van der Waals surface area contributed by atoms with Crippen molar-refractivity contribution in [1.29, 1.82) is 0 Å². The summed E-state index contributed by atoms with van der Waals surface area (Å²) >= 11 is 0. The van der Waals surface area contributed by atoms with Crippen molar-refractivity contribution in [1.82, 2.24) is 15.1 Å². The summed E-state index contributed by atoms with van der Waals surface area (Å²) in [5.74, 6) is -1.06. The highest BCUT2D eigenvalue weighted by Crippen LogP contribution is 2.19. The van der Waals surface area contributed by atoms with E-state index >= 15 is 0 Å². The Bertz CT molecular complexity index is 751. The average molecular weight is 371 g/mol. The van der Waals surface area contributed by atoms with E-state index in [0.29, 0.717) is 18.5 Å². The molecule has 146 valence electrons. The molecule has 0 bridgehead atoms. The van der Waals surface area contributed by atoms with E-state index in [1.807, 2.05) is 37.3 Å². The van der Waals surface area contributed by atoms with Crippen molar-refractivity contribution in [3.63, 3.8) is 0 Å². The Morgan fingerprint density at radius 2 is 1.85 bits per heavy atom. The molecule has 1 aromatic heterocycles. The topological polar surface area (TPSA) is 84.2 Å². The average Bonchev–Trinajstić information content (AvgIpc) is 3.03. The lowest BCUT2D eigenvalue weighted by Crippen LogP contribution is -2.38. The third-order valence-electron chi connectivity index (χ3n) is 4.75. The molecule has 2 aromatic rings. The summed E-state index contributed by atoms with van der Waals surface area (Å²) in [4.78, 5) is 24.0. The fraction of sp³-hybridized carbons (Fsp3) is 0.476. The Labute approximate surface area is 160 Å². The van der Waals surface area contributed by atoms with Gasteiger partial charge in [0.15, 0.2) is 0 Å².